The molecule has 0 nitrogen and oxygen atoms in total. The Balaban J connectivity index is 0. The van der Waals surface area contributed by atoms with Crippen molar-refractivity contribution in [2.75, 3.05) is 18.5 Å². The Bertz CT molecular complexity index is 464. The number of halogens is 1. The Morgan fingerprint density at radius 1 is 0.471 bits per heavy atom. The first-order chi connectivity index (χ1) is 15.9. The van der Waals surface area contributed by atoms with Gasteiger partial charge in [0.25, 0.3) is 0 Å². The lowest BCUT2D eigenvalue weighted by molar-refractivity contribution is -0.00000713. The molecule has 0 heterocycles. The Morgan fingerprint density at radius 2 is 0.824 bits per heavy atom. The molecule has 1 aromatic carbocycles. The van der Waals surface area contributed by atoms with E-state index in [4.69, 9.17) is 0 Å². The molecule has 0 saturated carbocycles. The summed E-state index contributed by atoms with van der Waals surface area (Å²) in [5, 5.41) is 0. The fourth-order valence-corrected chi connectivity index (χ4v) is 7.44. The van der Waals surface area contributed by atoms with Crippen LogP contribution in [0, 0.1) is 0 Å². The lowest BCUT2D eigenvalue weighted by Crippen LogP contribution is -3.00. The summed E-state index contributed by atoms with van der Waals surface area (Å²) in [6, 6.07) is 11.0. The number of hydrogen-bond acceptors (Lipinski definition) is 0. The lowest BCUT2D eigenvalue weighted by Gasteiger charge is -2.18. The highest BCUT2D eigenvalue weighted by molar-refractivity contribution is 7.57. The van der Waals surface area contributed by atoms with Gasteiger partial charge in [0.05, 0.1) is 0 Å². The summed E-state index contributed by atoms with van der Waals surface area (Å²) in [7, 11) is 0.334. The zero-order valence-electron chi connectivity index (χ0n) is 23.5. The van der Waals surface area contributed by atoms with Gasteiger partial charge in [-0.2, -0.15) is 0 Å². The average Bonchev–Trinajstić information content (AvgIpc) is 2.82. The van der Waals surface area contributed by atoms with Gasteiger partial charge >= 0.3 is 0 Å². The van der Waals surface area contributed by atoms with Crippen molar-refractivity contribution in [3.05, 3.63) is 35.9 Å². The first-order valence-electron chi connectivity index (χ1n) is 14.6. The second-order valence-electron chi connectivity index (χ2n) is 10.1. The van der Waals surface area contributed by atoms with Crippen molar-refractivity contribution in [2.24, 2.45) is 0 Å². The van der Waals surface area contributed by atoms with E-state index in [1.807, 2.05) is 0 Å². The van der Waals surface area contributed by atoms with Crippen LogP contribution < -0.4 is 12.4 Å². The molecular formula is C31H61ClP2. The molecule has 0 aliphatic heterocycles. The smallest absolute Gasteiger partial charge is 0.0279 e. The highest BCUT2D eigenvalue weighted by Crippen LogP contribution is 2.39. The van der Waals surface area contributed by atoms with Gasteiger partial charge in [-0.3, -0.25) is 0 Å². The maximum absolute atomic E-state index is 2.32. The number of aryl methyl sites for hydroxylation is 1. The van der Waals surface area contributed by atoms with E-state index in [1.165, 1.54) is 134 Å². The van der Waals surface area contributed by atoms with Crippen LogP contribution in [-0.4, -0.2) is 18.5 Å². The van der Waals surface area contributed by atoms with Gasteiger partial charge in [-0.25, -0.2) is 0 Å². The summed E-state index contributed by atoms with van der Waals surface area (Å²) in [5.74, 6) is 0. The highest BCUT2D eigenvalue weighted by atomic mass is 35.5. The van der Waals surface area contributed by atoms with Gasteiger partial charge < -0.3 is 12.4 Å². The van der Waals surface area contributed by atoms with Gasteiger partial charge in [0.15, 0.2) is 0 Å². The highest BCUT2D eigenvalue weighted by Gasteiger charge is 2.08. The molecule has 0 N–H and O–H groups in total. The van der Waals surface area contributed by atoms with Crippen LogP contribution in [0.5, 0.6) is 0 Å². The first kappa shape index (κ1) is 36.5. The van der Waals surface area contributed by atoms with Crippen LogP contribution in [0.2, 0.25) is 0 Å². The normalized spacial score (nSPS) is 10.8. The van der Waals surface area contributed by atoms with Crippen LogP contribution >= 0.6 is 17.8 Å². The predicted molar refractivity (Wildman–Crippen MR) is 163 cm³/mol. The lowest BCUT2D eigenvalue weighted by atomic mass is 10.0. The molecule has 0 radical (unpaired) electrons. The van der Waals surface area contributed by atoms with E-state index in [2.05, 4.69) is 44.2 Å². The fourth-order valence-electron chi connectivity index (χ4n) is 4.76. The summed E-state index contributed by atoms with van der Waals surface area (Å²) in [4.78, 5) is 0. The summed E-state index contributed by atoms with van der Waals surface area (Å²) in [6.45, 7) is 4.65. The fraction of sp³-hybridized carbons (Fsp3) is 0.806. The van der Waals surface area contributed by atoms with Crippen molar-refractivity contribution in [3.63, 3.8) is 0 Å². The monoisotopic (exact) mass is 530 g/mol. The van der Waals surface area contributed by atoms with Crippen LogP contribution in [0.25, 0.3) is 0 Å². The summed E-state index contributed by atoms with van der Waals surface area (Å²) >= 11 is 0. The van der Waals surface area contributed by atoms with E-state index >= 15 is 0 Å². The van der Waals surface area contributed by atoms with Gasteiger partial charge in [0.1, 0.15) is 0 Å². The number of hydrogen-bond donors (Lipinski definition) is 0. The maximum atomic E-state index is 2.32. The number of rotatable bonds is 24. The third kappa shape index (κ3) is 24.1. The largest absolute Gasteiger partial charge is 1.00 e. The molecule has 1 atom stereocenters. The second-order valence-corrected chi connectivity index (χ2v) is 12.8. The number of unbranched alkanes of at least 4 members (excludes halogenated alkanes) is 16. The standard InChI is InChI=1S/C31H57P.ClH.H3P/c1-3-5-7-9-15-22-28-32(29-23-16-10-8-6-4-2)30-24-17-13-11-12-14-19-25-31-26-20-18-21-27-31;;/h18,20-21,26-27H,3-17,19,22-25,28-30H2,1-2H3;1H;1H3. The molecule has 0 saturated heterocycles. The van der Waals surface area contributed by atoms with Gasteiger partial charge in [0, 0.05) is 0 Å². The van der Waals surface area contributed by atoms with Crippen molar-refractivity contribution < 1.29 is 12.4 Å². The van der Waals surface area contributed by atoms with Gasteiger partial charge in [-0.1, -0.05) is 140 Å². The Labute approximate surface area is 226 Å². The number of benzene rings is 1. The molecule has 34 heavy (non-hydrogen) atoms. The molecule has 0 aliphatic carbocycles. The van der Waals surface area contributed by atoms with Crippen LogP contribution in [0.4, 0.5) is 0 Å². The molecule has 0 bridgehead atoms. The molecule has 3 heteroatoms. The average molecular weight is 531 g/mol. The maximum Gasteiger partial charge on any atom is -0.0279 e. The molecule has 0 aliphatic rings. The van der Waals surface area contributed by atoms with E-state index in [0.29, 0.717) is 7.92 Å². The quantitative estimate of drug-likeness (QED) is 0.0939. The zero-order chi connectivity index (χ0) is 23.0. The van der Waals surface area contributed by atoms with Gasteiger partial charge in [-0.15, -0.1) is 7.92 Å². The molecule has 1 unspecified atom stereocenters. The predicted octanol–water partition coefficient (Wildman–Crippen LogP) is 7.96. The van der Waals surface area contributed by atoms with Crippen LogP contribution in [0.15, 0.2) is 30.3 Å². The van der Waals surface area contributed by atoms with Crippen molar-refractivity contribution >= 4 is 17.8 Å². The summed E-state index contributed by atoms with van der Waals surface area (Å²) < 4.78 is 0. The van der Waals surface area contributed by atoms with E-state index in [-0.39, 0.29) is 22.3 Å². The topological polar surface area (TPSA) is 0 Å². The Kier molecular flexibility index (Phi) is 31.8. The first-order valence-corrected chi connectivity index (χ1v) is 16.5. The van der Waals surface area contributed by atoms with Crippen molar-refractivity contribution in [3.8, 4) is 0 Å². The molecule has 1 aromatic rings. The Hall–Kier alpha value is 0.370. The van der Waals surface area contributed by atoms with Gasteiger partial charge in [0.2, 0.25) is 0 Å². The molecule has 0 amide bonds. The van der Waals surface area contributed by atoms with Crippen molar-refractivity contribution in [2.45, 2.75) is 142 Å². The van der Waals surface area contributed by atoms with E-state index in [0.717, 1.165) is 0 Å². The van der Waals surface area contributed by atoms with Crippen LogP contribution in [-0.2, 0) is 6.42 Å². The minimum Gasteiger partial charge on any atom is -1.00 e. The summed E-state index contributed by atoms with van der Waals surface area (Å²) in [6.07, 6.45) is 33.7. The minimum atomic E-state index is 0. The molecule has 0 spiro atoms. The molecule has 0 fully saturated rings. The van der Waals surface area contributed by atoms with E-state index < -0.39 is 0 Å². The zero-order valence-corrected chi connectivity index (χ0v) is 27.1. The molecular weight excluding hydrogens is 470 g/mol. The summed E-state index contributed by atoms with van der Waals surface area (Å²) in [5.41, 5.74) is 1.51. The third-order valence-electron chi connectivity index (χ3n) is 6.94. The Morgan fingerprint density at radius 3 is 1.24 bits per heavy atom. The molecule has 0 aromatic heterocycles. The van der Waals surface area contributed by atoms with Crippen LogP contribution in [0.1, 0.15) is 141 Å². The molecule has 1 rings (SSSR count). The van der Waals surface area contributed by atoms with E-state index in [9.17, 15) is 0 Å². The third-order valence-corrected chi connectivity index (χ3v) is 9.78. The second kappa shape index (κ2) is 29.6. The van der Waals surface area contributed by atoms with Gasteiger partial charge in [-0.05, 0) is 66.1 Å². The van der Waals surface area contributed by atoms with Crippen molar-refractivity contribution in [1.82, 2.24) is 0 Å². The van der Waals surface area contributed by atoms with Crippen molar-refractivity contribution in [1.29, 1.82) is 0 Å². The molecule has 202 valence electrons. The SMILES string of the molecule is CCCCCCCCP(CCCCCCCC)CCCCCCCCCc1ccccc1.[Cl-].[PH4+]. The van der Waals surface area contributed by atoms with E-state index in [1.54, 1.807) is 18.5 Å². The van der Waals surface area contributed by atoms with Crippen LogP contribution in [0.3, 0.4) is 0 Å². The minimum absolute atomic E-state index is 0.